The second-order valence-corrected chi connectivity index (χ2v) is 4.82. The van der Waals surface area contributed by atoms with Gasteiger partial charge in [0.1, 0.15) is 5.54 Å². The van der Waals surface area contributed by atoms with E-state index in [0.29, 0.717) is 12.0 Å². The maximum Gasteiger partial charge on any atom is 0.114 e. The summed E-state index contributed by atoms with van der Waals surface area (Å²) < 4.78 is 0. The predicted octanol–water partition coefficient (Wildman–Crippen LogP) is 1.17. The normalized spacial score (nSPS) is 39.8. The van der Waals surface area contributed by atoms with Crippen molar-refractivity contribution in [1.29, 1.82) is 5.26 Å². The molecular weight excluding hydrogens is 174 g/mol. The summed E-state index contributed by atoms with van der Waals surface area (Å²) in [6.07, 6.45) is 0.939. The molecule has 1 aliphatic heterocycles. The molecule has 3 heteroatoms. The fourth-order valence-corrected chi connectivity index (χ4v) is 2.45. The Labute approximate surface area is 87.3 Å². The minimum absolute atomic E-state index is 0.272. The second-order valence-electron chi connectivity index (χ2n) is 4.82. The van der Waals surface area contributed by atoms with E-state index in [4.69, 9.17) is 0 Å². The smallest absolute Gasteiger partial charge is 0.114 e. The van der Waals surface area contributed by atoms with Crippen molar-refractivity contribution in [3.8, 4) is 6.07 Å². The molecule has 0 aromatic rings. The molecular formula is C11H21N3. The maximum atomic E-state index is 9.38. The molecule has 80 valence electrons. The number of hydrogen-bond donors (Lipinski definition) is 0. The van der Waals surface area contributed by atoms with Crippen LogP contribution in [0.1, 0.15) is 20.3 Å². The summed E-state index contributed by atoms with van der Waals surface area (Å²) in [6, 6.07) is 3.01. The molecule has 1 heterocycles. The minimum Gasteiger partial charge on any atom is -0.303 e. The summed E-state index contributed by atoms with van der Waals surface area (Å²) in [5.74, 6) is 0.406. The van der Waals surface area contributed by atoms with Crippen LogP contribution in [0.2, 0.25) is 0 Å². The Morgan fingerprint density at radius 3 is 2.43 bits per heavy atom. The highest BCUT2D eigenvalue weighted by atomic mass is 15.2. The molecule has 0 saturated carbocycles. The molecule has 3 nitrogen and oxygen atoms in total. The lowest BCUT2D eigenvalue weighted by atomic mass is 9.76. The number of likely N-dealkylation sites (tertiary alicyclic amines) is 1. The first-order chi connectivity index (χ1) is 6.44. The Hall–Kier alpha value is -0.590. The molecule has 0 bridgehead atoms. The third kappa shape index (κ3) is 1.65. The molecule has 0 N–H and O–H groups in total. The van der Waals surface area contributed by atoms with Gasteiger partial charge in [0.25, 0.3) is 0 Å². The zero-order chi connectivity index (χ0) is 10.9. The molecule has 0 aromatic carbocycles. The van der Waals surface area contributed by atoms with Crippen molar-refractivity contribution < 1.29 is 0 Å². The first-order valence-corrected chi connectivity index (χ1v) is 5.23. The van der Waals surface area contributed by atoms with E-state index in [9.17, 15) is 5.26 Å². The third-order valence-corrected chi connectivity index (χ3v) is 3.73. The van der Waals surface area contributed by atoms with Crippen LogP contribution in [0.15, 0.2) is 0 Å². The predicted molar refractivity (Wildman–Crippen MR) is 57.9 cm³/mol. The zero-order valence-corrected chi connectivity index (χ0v) is 9.91. The molecule has 1 fully saturated rings. The van der Waals surface area contributed by atoms with E-state index in [1.807, 2.05) is 14.1 Å². The van der Waals surface area contributed by atoms with E-state index >= 15 is 0 Å². The fraction of sp³-hybridized carbons (Fsp3) is 0.909. The molecule has 1 rings (SSSR count). The van der Waals surface area contributed by atoms with Crippen LogP contribution >= 0.6 is 0 Å². The van der Waals surface area contributed by atoms with Crippen LogP contribution in [0, 0.1) is 17.2 Å². The topological polar surface area (TPSA) is 30.3 Å². The van der Waals surface area contributed by atoms with Gasteiger partial charge < -0.3 is 4.90 Å². The van der Waals surface area contributed by atoms with Crippen LogP contribution in [0.4, 0.5) is 0 Å². The zero-order valence-electron chi connectivity index (χ0n) is 9.91. The molecule has 0 radical (unpaired) electrons. The van der Waals surface area contributed by atoms with E-state index < -0.39 is 0 Å². The second kappa shape index (κ2) is 3.88. The Bertz CT molecular complexity index is 243. The monoisotopic (exact) mass is 195 g/mol. The van der Waals surface area contributed by atoms with E-state index in [1.165, 1.54) is 0 Å². The Morgan fingerprint density at radius 1 is 1.43 bits per heavy atom. The molecule has 0 amide bonds. The first-order valence-electron chi connectivity index (χ1n) is 5.23. The maximum absolute atomic E-state index is 9.38. The lowest BCUT2D eigenvalue weighted by Crippen LogP contribution is -2.59. The first kappa shape index (κ1) is 11.5. The van der Waals surface area contributed by atoms with Crippen molar-refractivity contribution >= 4 is 0 Å². The van der Waals surface area contributed by atoms with E-state index in [0.717, 1.165) is 13.0 Å². The van der Waals surface area contributed by atoms with E-state index in [2.05, 4.69) is 36.8 Å². The quantitative estimate of drug-likeness (QED) is 0.629. The van der Waals surface area contributed by atoms with Gasteiger partial charge in [-0.15, -0.1) is 0 Å². The van der Waals surface area contributed by atoms with Gasteiger partial charge in [-0.2, -0.15) is 5.26 Å². The summed E-state index contributed by atoms with van der Waals surface area (Å²) in [5, 5.41) is 9.38. The SMILES string of the molecule is CC1CC(C#N)(N(C)C)C(C)CN1C. The largest absolute Gasteiger partial charge is 0.303 e. The Morgan fingerprint density at radius 2 is 2.00 bits per heavy atom. The summed E-state index contributed by atoms with van der Waals surface area (Å²) in [6.45, 7) is 5.37. The van der Waals surface area contributed by atoms with Gasteiger partial charge in [-0.25, -0.2) is 0 Å². The van der Waals surface area contributed by atoms with Crippen LogP contribution in [0.25, 0.3) is 0 Å². The van der Waals surface area contributed by atoms with Crippen molar-refractivity contribution in [1.82, 2.24) is 9.80 Å². The summed E-state index contributed by atoms with van der Waals surface area (Å²) >= 11 is 0. The third-order valence-electron chi connectivity index (χ3n) is 3.73. The van der Waals surface area contributed by atoms with Crippen molar-refractivity contribution in [2.45, 2.75) is 31.8 Å². The molecule has 0 aliphatic carbocycles. The number of rotatable bonds is 1. The Balaban J connectivity index is 2.93. The van der Waals surface area contributed by atoms with Crippen molar-refractivity contribution in [3.63, 3.8) is 0 Å². The Kier molecular flexibility index (Phi) is 3.18. The minimum atomic E-state index is -0.272. The molecule has 0 spiro atoms. The van der Waals surface area contributed by atoms with Gasteiger partial charge in [0.15, 0.2) is 0 Å². The van der Waals surface area contributed by atoms with Crippen LogP contribution in [-0.4, -0.2) is 49.1 Å². The van der Waals surface area contributed by atoms with Gasteiger partial charge in [0, 0.05) is 18.5 Å². The van der Waals surface area contributed by atoms with Crippen LogP contribution in [-0.2, 0) is 0 Å². The average molecular weight is 195 g/mol. The lowest BCUT2D eigenvalue weighted by molar-refractivity contribution is 0.0273. The van der Waals surface area contributed by atoms with Gasteiger partial charge in [-0.1, -0.05) is 6.92 Å². The van der Waals surface area contributed by atoms with Gasteiger partial charge in [-0.3, -0.25) is 4.90 Å². The van der Waals surface area contributed by atoms with Crippen LogP contribution in [0.5, 0.6) is 0 Å². The molecule has 1 aliphatic rings. The van der Waals surface area contributed by atoms with Gasteiger partial charge in [0.2, 0.25) is 0 Å². The lowest BCUT2D eigenvalue weighted by Gasteiger charge is -2.48. The molecule has 14 heavy (non-hydrogen) atoms. The number of nitriles is 1. The van der Waals surface area contributed by atoms with Crippen molar-refractivity contribution in [2.75, 3.05) is 27.7 Å². The van der Waals surface area contributed by atoms with Gasteiger partial charge in [-0.05, 0) is 34.5 Å². The summed E-state index contributed by atoms with van der Waals surface area (Å²) in [5.41, 5.74) is -0.272. The number of nitrogens with zero attached hydrogens (tertiary/aromatic N) is 3. The molecule has 0 aromatic heterocycles. The van der Waals surface area contributed by atoms with E-state index in [1.54, 1.807) is 0 Å². The van der Waals surface area contributed by atoms with Gasteiger partial charge in [0.05, 0.1) is 6.07 Å². The summed E-state index contributed by atoms with van der Waals surface area (Å²) in [7, 11) is 6.16. The van der Waals surface area contributed by atoms with E-state index in [-0.39, 0.29) is 5.54 Å². The standard InChI is InChI=1S/C11H21N3/c1-9-7-14(5)10(2)6-11(9,8-12)13(3)4/h9-10H,6-7H2,1-5H3. The fourth-order valence-electron chi connectivity index (χ4n) is 2.45. The molecule has 3 atom stereocenters. The van der Waals surface area contributed by atoms with Crippen LogP contribution in [0.3, 0.4) is 0 Å². The van der Waals surface area contributed by atoms with Crippen LogP contribution < -0.4 is 0 Å². The van der Waals surface area contributed by atoms with Crippen molar-refractivity contribution in [3.05, 3.63) is 0 Å². The van der Waals surface area contributed by atoms with Gasteiger partial charge >= 0.3 is 0 Å². The number of hydrogen-bond acceptors (Lipinski definition) is 3. The average Bonchev–Trinajstić information content (AvgIpc) is 2.11. The summed E-state index contributed by atoms with van der Waals surface area (Å²) in [4.78, 5) is 4.42. The highest BCUT2D eigenvalue weighted by molar-refractivity contribution is 5.14. The molecule has 3 unspecified atom stereocenters. The highest BCUT2D eigenvalue weighted by Crippen LogP contribution is 2.33. The highest BCUT2D eigenvalue weighted by Gasteiger charge is 2.44. The number of piperidine rings is 1. The van der Waals surface area contributed by atoms with Crippen molar-refractivity contribution in [2.24, 2.45) is 5.92 Å². The molecule has 1 saturated heterocycles.